The average molecular weight is 264 g/mol. The zero-order chi connectivity index (χ0) is 14.7. The molecule has 0 aliphatic carbocycles. The highest BCUT2D eigenvalue weighted by molar-refractivity contribution is 5.55. The molecule has 0 radical (unpaired) electrons. The Balaban J connectivity index is 2.22. The summed E-state index contributed by atoms with van der Waals surface area (Å²) < 4.78 is 0. The molecule has 0 amide bonds. The topological polar surface area (TPSA) is 0 Å². The van der Waals surface area contributed by atoms with Crippen LogP contribution in [0.25, 0.3) is 6.08 Å². The van der Waals surface area contributed by atoms with Gasteiger partial charge in [0.2, 0.25) is 0 Å². The quantitative estimate of drug-likeness (QED) is 0.663. The van der Waals surface area contributed by atoms with E-state index in [9.17, 15) is 0 Å². The van der Waals surface area contributed by atoms with Gasteiger partial charge in [0, 0.05) is 0 Å². The van der Waals surface area contributed by atoms with E-state index in [1.165, 1.54) is 33.4 Å². The third-order valence-electron chi connectivity index (χ3n) is 3.91. The Bertz CT molecular complexity index is 632. The first-order chi connectivity index (χ1) is 9.47. The number of rotatable bonds is 3. The van der Waals surface area contributed by atoms with E-state index >= 15 is 0 Å². The second-order valence-corrected chi connectivity index (χ2v) is 5.87. The molecule has 0 aromatic heterocycles. The van der Waals surface area contributed by atoms with Crippen LogP contribution in [-0.2, 0) is 0 Å². The lowest BCUT2D eigenvalue weighted by Gasteiger charge is -2.12. The molecule has 104 valence electrons. The fourth-order valence-corrected chi connectivity index (χ4v) is 2.70. The van der Waals surface area contributed by atoms with Gasteiger partial charge in [-0.25, -0.2) is 0 Å². The lowest BCUT2D eigenvalue weighted by atomic mass is 9.93. The van der Waals surface area contributed by atoms with Gasteiger partial charge in [0.1, 0.15) is 0 Å². The van der Waals surface area contributed by atoms with Crippen LogP contribution in [0.4, 0.5) is 0 Å². The van der Waals surface area contributed by atoms with Gasteiger partial charge in [-0.3, -0.25) is 0 Å². The summed E-state index contributed by atoms with van der Waals surface area (Å²) >= 11 is 0. The van der Waals surface area contributed by atoms with Gasteiger partial charge >= 0.3 is 0 Å². The van der Waals surface area contributed by atoms with Crippen LogP contribution in [0.15, 0.2) is 42.5 Å². The minimum atomic E-state index is 0.441. The summed E-state index contributed by atoms with van der Waals surface area (Å²) in [5, 5.41) is 0. The maximum Gasteiger partial charge on any atom is -0.000448 e. The zero-order valence-corrected chi connectivity index (χ0v) is 13.2. The smallest absolute Gasteiger partial charge is 0.000448 e. The van der Waals surface area contributed by atoms with E-state index in [-0.39, 0.29) is 0 Å². The monoisotopic (exact) mass is 264 g/mol. The minimum Gasteiger partial charge on any atom is -0.0767 e. The van der Waals surface area contributed by atoms with E-state index in [4.69, 9.17) is 0 Å². The Kier molecular flexibility index (Phi) is 4.44. The summed E-state index contributed by atoms with van der Waals surface area (Å²) in [6.45, 7) is 10.9. The van der Waals surface area contributed by atoms with Gasteiger partial charge in [0.15, 0.2) is 0 Å². The van der Waals surface area contributed by atoms with Crippen molar-refractivity contribution in [3.8, 4) is 0 Å². The van der Waals surface area contributed by atoms with Crippen LogP contribution in [0.3, 0.4) is 0 Å². The Morgan fingerprint density at radius 3 is 2.00 bits per heavy atom. The van der Waals surface area contributed by atoms with Crippen LogP contribution in [0.1, 0.15) is 46.2 Å². The third-order valence-corrected chi connectivity index (χ3v) is 3.91. The van der Waals surface area contributed by atoms with Crippen LogP contribution in [0, 0.1) is 27.7 Å². The highest BCUT2D eigenvalue weighted by atomic mass is 14.1. The molecule has 20 heavy (non-hydrogen) atoms. The molecule has 0 saturated carbocycles. The van der Waals surface area contributed by atoms with Crippen molar-refractivity contribution in [3.63, 3.8) is 0 Å². The van der Waals surface area contributed by atoms with Crippen molar-refractivity contribution in [1.29, 1.82) is 0 Å². The summed E-state index contributed by atoms with van der Waals surface area (Å²) in [5.41, 5.74) is 8.10. The third kappa shape index (κ3) is 3.39. The fourth-order valence-electron chi connectivity index (χ4n) is 2.70. The summed E-state index contributed by atoms with van der Waals surface area (Å²) in [4.78, 5) is 0. The van der Waals surface area contributed by atoms with Gasteiger partial charge in [0.25, 0.3) is 0 Å². The van der Waals surface area contributed by atoms with Crippen molar-refractivity contribution < 1.29 is 0 Å². The summed E-state index contributed by atoms with van der Waals surface area (Å²) in [7, 11) is 0. The zero-order valence-electron chi connectivity index (χ0n) is 13.2. The maximum atomic E-state index is 2.30. The molecule has 0 fully saturated rings. The van der Waals surface area contributed by atoms with Crippen LogP contribution in [-0.4, -0.2) is 0 Å². The highest BCUT2D eigenvalue weighted by Gasteiger charge is 2.05. The van der Waals surface area contributed by atoms with E-state index in [2.05, 4.69) is 83.2 Å². The van der Waals surface area contributed by atoms with Crippen LogP contribution >= 0.6 is 0 Å². The highest BCUT2D eigenvalue weighted by Crippen LogP contribution is 2.23. The molecule has 0 heterocycles. The van der Waals surface area contributed by atoms with Crippen molar-refractivity contribution in [3.05, 3.63) is 75.9 Å². The molecule has 0 aliphatic rings. The normalized spacial score (nSPS) is 12.8. The standard InChI is InChI=1S/C20H24/c1-14-6-9-19(17(4)12-14)10-8-16(3)20-11-7-15(2)13-18(20)5/h6-13,16H,1-5H3. The van der Waals surface area contributed by atoms with Crippen LogP contribution in [0.2, 0.25) is 0 Å². The van der Waals surface area contributed by atoms with E-state index in [1.54, 1.807) is 0 Å². The van der Waals surface area contributed by atoms with Crippen molar-refractivity contribution in [2.24, 2.45) is 0 Å². The maximum absolute atomic E-state index is 2.30. The summed E-state index contributed by atoms with van der Waals surface area (Å²) in [6.07, 6.45) is 4.55. The molecular weight excluding hydrogens is 240 g/mol. The van der Waals surface area contributed by atoms with E-state index < -0.39 is 0 Å². The molecule has 0 spiro atoms. The molecule has 0 aliphatic heterocycles. The average Bonchev–Trinajstić information content (AvgIpc) is 2.37. The number of aryl methyl sites for hydroxylation is 4. The van der Waals surface area contributed by atoms with Gasteiger partial charge < -0.3 is 0 Å². The van der Waals surface area contributed by atoms with Gasteiger partial charge in [0.05, 0.1) is 0 Å². The summed E-state index contributed by atoms with van der Waals surface area (Å²) in [5.74, 6) is 0.441. The minimum absolute atomic E-state index is 0.441. The number of benzene rings is 2. The Hall–Kier alpha value is -1.82. The molecule has 0 N–H and O–H groups in total. The Morgan fingerprint density at radius 2 is 1.40 bits per heavy atom. The van der Waals surface area contributed by atoms with Crippen molar-refractivity contribution >= 4 is 6.08 Å². The predicted octanol–water partition coefficient (Wildman–Crippen LogP) is 5.74. The first-order valence-corrected chi connectivity index (χ1v) is 7.30. The van der Waals surface area contributed by atoms with Crippen LogP contribution < -0.4 is 0 Å². The molecule has 2 aromatic rings. The number of hydrogen-bond donors (Lipinski definition) is 0. The number of hydrogen-bond acceptors (Lipinski definition) is 0. The van der Waals surface area contributed by atoms with E-state index in [0.29, 0.717) is 5.92 Å². The Morgan fingerprint density at radius 1 is 0.800 bits per heavy atom. The Labute approximate surface area is 123 Å². The van der Waals surface area contributed by atoms with Gasteiger partial charge in [-0.05, 0) is 55.9 Å². The SMILES string of the molecule is Cc1ccc(C=CC(C)c2ccc(C)cc2C)c(C)c1. The van der Waals surface area contributed by atoms with Crippen LogP contribution in [0.5, 0.6) is 0 Å². The molecule has 1 unspecified atom stereocenters. The lowest BCUT2D eigenvalue weighted by Crippen LogP contribution is -1.94. The van der Waals surface area contributed by atoms with Gasteiger partial charge in [-0.2, -0.15) is 0 Å². The molecule has 0 nitrogen and oxygen atoms in total. The summed E-state index contributed by atoms with van der Waals surface area (Å²) in [6, 6.07) is 13.3. The first kappa shape index (κ1) is 14.6. The van der Waals surface area contributed by atoms with Gasteiger partial charge in [-0.1, -0.05) is 66.6 Å². The molecular formula is C20H24. The molecule has 0 saturated heterocycles. The van der Waals surface area contributed by atoms with Gasteiger partial charge in [-0.15, -0.1) is 0 Å². The predicted molar refractivity (Wildman–Crippen MR) is 89.3 cm³/mol. The molecule has 2 rings (SSSR count). The molecule has 2 aromatic carbocycles. The first-order valence-electron chi connectivity index (χ1n) is 7.30. The van der Waals surface area contributed by atoms with Crippen molar-refractivity contribution in [2.75, 3.05) is 0 Å². The second kappa shape index (κ2) is 6.09. The van der Waals surface area contributed by atoms with Crippen molar-refractivity contribution in [1.82, 2.24) is 0 Å². The number of allylic oxidation sites excluding steroid dienone is 1. The second-order valence-electron chi connectivity index (χ2n) is 5.87. The molecule has 1 atom stereocenters. The van der Waals surface area contributed by atoms with Crippen molar-refractivity contribution in [2.45, 2.75) is 40.5 Å². The fraction of sp³-hybridized carbons (Fsp3) is 0.300. The molecule has 0 bridgehead atoms. The van der Waals surface area contributed by atoms with E-state index in [0.717, 1.165) is 0 Å². The lowest BCUT2D eigenvalue weighted by molar-refractivity contribution is 0.955. The largest absolute Gasteiger partial charge is 0.0767 e. The molecule has 0 heteroatoms. The van der Waals surface area contributed by atoms with E-state index in [1.807, 2.05) is 0 Å².